The van der Waals surface area contributed by atoms with Gasteiger partial charge in [0.2, 0.25) is 0 Å². The van der Waals surface area contributed by atoms with Gasteiger partial charge in [0.1, 0.15) is 11.8 Å². The summed E-state index contributed by atoms with van der Waals surface area (Å²) in [4.78, 5) is 12.2. The fraction of sp³-hybridized carbons (Fsp3) is 0.273. The smallest absolute Gasteiger partial charge is 0.160 e. The minimum Gasteiger partial charge on any atom is -0.496 e. The summed E-state index contributed by atoms with van der Waals surface area (Å²) in [6.45, 7) is 3.25. The lowest BCUT2D eigenvalue weighted by atomic mass is 9.91. The molecule has 27 heavy (non-hydrogen) atoms. The van der Waals surface area contributed by atoms with Crippen molar-refractivity contribution in [2.45, 2.75) is 24.3 Å². The van der Waals surface area contributed by atoms with Gasteiger partial charge in [-0.1, -0.05) is 55.1 Å². The monoisotopic (exact) mass is 375 g/mol. The standard InChI is InChI=1S/C22H21N3OS/c1-14-13-25-21(20(24-22(25)27-14)17-9-5-6-12-23-17)19-16-8-4-3-7-15(16)10-11-18(19)26-2/h3-12,14,20-21H,13H2,1-2H3/t14-,20-,21-/m1/s1. The first-order valence-electron chi connectivity index (χ1n) is 9.24. The Bertz CT molecular complexity index is 1020. The normalized spacial score (nSPS) is 24.1. The highest BCUT2D eigenvalue weighted by atomic mass is 32.2. The van der Waals surface area contributed by atoms with Crippen LogP contribution in [-0.2, 0) is 0 Å². The van der Waals surface area contributed by atoms with Gasteiger partial charge < -0.3 is 9.64 Å². The molecule has 2 aromatic carbocycles. The summed E-state index contributed by atoms with van der Waals surface area (Å²) in [5.74, 6) is 0.917. The Morgan fingerprint density at radius 3 is 2.74 bits per heavy atom. The maximum absolute atomic E-state index is 5.82. The number of hydrogen-bond donors (Lipinski definition) is 0. The second kappa shape index (κ2) is 6.57. The van der Waals surface area contributed by atoms with Crippen LogP contribution in [0.15, 0.2) is 65.8 Å². The molecular weight excluding hydrogens is 354 g/mol. The van der Waals surface area contributed by atoms with E-state index in [4.69, 9.17) is 9.73 Å². The molecule has 0 amide bonds. The maximum Gasteiger partial charge on any atom is 0.160 e. The van der Waals surface area contributed by atoms with Gasteiger partial charge in [-0.25, -0.2) is 0 Å². The molecule has 0 N–H and O–H groups in total. The van der Waals surface area contributed by atoms with Gasteiger partial charge in [0.25, 0.3) is 0 Å². The molecule has 3 heterocycles. The van der Waals surface area contributed by atoms with Crippen molar-refractivity contribution in [3.63, 3.8) is 0 Å². The Balaban J connectivity index is 1.73. The molecule has 0 unspecified atom stereocenters. The summed E-state index contributed by atoms with van der Waals surface area (Å²) in [6, 6.07) is 18.9. The zero-order chi connectivity index (χ0) is 18.4. The molecular formula is C22H21N3OS. The highest BCUT2D eigenvalue weighted by molar-refractivity contribution is 8.14. The average molecular weight is 375 g/mol. The Kier molecular flexibility index (Phi) is 4.05. The molecule has 0 saturated carbocycles. The summed E-state index contributed by atoms with van der Waals surface area (Å²) in [5, 5.41) is 4.11. The number of pyridine rings is 1. The summed E-state index contributed by atoms with van der Waals surface area (Å²) < 4.78 is 5.82. The van der Waals surface area contributed by atoms with Crippen molar-refractivity contribution in [2.24, 2.45) is 4.99 Å². The molecule has 5 rings (SSSR count). The fourth-order valence-corrected chi connectivity index (χ4v) is 5.28. The van der Waals surface area contributed by atoms with E-state index in [1.54, 1.807) is 7.11 Å². The number of hydrogen-bond acceptors (Lipinski definition) is 5. The summed E-state index contributed by atoms with van der Waals surface area (Å²) >= 11 is 1.86. The van der Waals surface area contributed by atoms with Gasteiger partial charge >= 0.3 is 0 Å². The number of benzene rings is 2. The molecule has 0 radical (unpaired) electrons. The Hall–Kier alpha value is -2.53. The minimum atomic E-state index is -0.0269. The summed E-state index contributed by atoms with van der Waals surface area (Å²) in [6.07, 6.45) is 1.85. The number of aliphatic imine (C=N–C) groups is 1. The third-order valence-electron chi connectivity index (χ3n) is 5.33. The number of nitrogens with zero attached hydrogens (tertiary/aromatic N) is 3. The van der Waals surface area contributed by atoms with Crippen molar-refractivity contribution in [2.75, 3.05) is 13.7 Å². The second-order valence-electron chi connectivity index (χ2n) is 7.04. The minimum absolute atomic E-state index is 0.0269. The van der Waals surface area contributed by atoms with Crippen LogP contribution < -0.4 is 4.74 Å². The predicted molar refractivity (Wildman–Crippen MR) is 111 cm³/mol. The van der Waals surface area contributed by atoms with Crippen LogP contribution >= 0.6 is 11.8 Å². The van der Waals surface area contributed by atoms with Crippen LogP contribution in [-0.4, -0.2) is 34.0 Å². The van der Waals surface area contributed by atoms with Crippen LogP contribution in [0.5, 0.6) is 5.75 Å². The molecule has 5 heteroatoms. The number of fused-ring (bicyclic) bond motifs is 2. The van der Waals surface area contributed by atoms with Crippen molar-refractivity contribution in [1.82, 2.24) is 9.88 Å². The number of ether oxygens (including phenoxy) is 1. The lowest BCUT2D eigenvalue weighted by molar-refractivity contribution is 0.310. The van der Waals surface area contributed by atoms with Gasteiger partial charge in [0.15, 0.2) is 5.17 Å². The molecule has 4 nitrogen and oxygen atoms in total. The average Bonchev–Trinajstić information content (AvgIpc) is 3.23. The van der Waals surface area contributed by atoms with Gasteiger partial charge in [-0.2, -0.15) is 0 Å². The number of amidine groups is 1. The van der Waals surface area contributed by atoms with Crippen LogP contribution in [0.2, 0.25) is 0 Å². The second-order valence-corrected chi connectivity index (χ2v) is 8.45. The molecule has 3 aromatic rings. The highest BCUT2D eigenvalue weighted by Crippen LogP contribution is 2.51. The first-order valence-corrected chi connectivity index (χ1v) is 10.1. The van der Waals surface area contributed by atoms with Gasteiger partial charge in [-0.3, -0.25) is 9.98 Å². The molecule has 0 bridgehead atoms. The van der Waals surface area contributed by atoms with Crippen molar-refractivity contribution in [1.29, 1.82) is 0 Å². The van der Waals surface area contributed by atoms with Crippen LogP contribution in [0.4, 0.5) is 0 Å². The Morgan fingerprint density at radius 2 is 1.93 bits per heavy atom. The van der Waals surface area contributed by atoms with Crippen molar-refractivity contribution >= 4 is 27.7 Å². The molecule has 1 aromatic heterocycles. The number of aromatic nitrogens is 1. The molecule has 0 aliphatic carbocycles. The van der Waals surface area contributed by atoms with Crippen LogP contribution in [0.1, 0.15) is 30.3 Å². The molecule has 1 fully saturated rings. The number of rotatable bonds is 3. The van der Waals surface area contributed by atoms with Crippen LogP contribution in [0, 0.1) is 0 Å². The van der Waals surface area contributed by atoms with Gasteiger partial charge in [-0.15, -0.1) is 0 Å². The number of methoxy groups -OCH3 is 1. The fourth-order valence-electron chi connectivity index (χ4n) is 4.19. The highest BCUT2D eigenvalue weighted by Gasteiger charge is 2.45. The lowest BCUT2D eigenvalue weighted by Gasteiger charge is -2.29. The first kappa shape index (κ1) is 16.6. The quantitative estimate of drug-likeness (QED) is 0.657. The maximum atomic E-state index is 5.82. The lowest BCUT2D eigenvalue weighted by Crippen LogP contribution is -2.29. The van der Waals surface area contributed by atoms with Crippen molar-refractivity contribution in [3.8, 4) is 5.75 Å². The zero-order valence-corrected chi connectivity index (χ0v) is 16.2. The number of thioether (sulfide) groups is 1. The zero-order valence-electron chi connectivity index (χ0n) is 15.4. The molecule has 136 valence electrons. The largest absolute Gasteiger partial charge is 0.496 e. The summed E-state index contributed by atoms with van der Waals surface area (Å²) in [7, 11) is 1.75. The van der Waals surface area contributed by atoms with Crippen LogP contribution in [0.25, 0.3) is 10.8 Å². The van der Waals surface area contributed by atoms with Crippen molar-refractivity contribution < 1.29 is 4.74 Å². The Labute approximate surface area is 163 Å². The van der Waals surface area contributed by atoms with E-state index in [0.717, 1.165) is 23.2 Å². The van der Waals surface area contributed by atoms with E-state index in [0.29, 0.717) is 5.25 Å². The van der Waals surface area contributed by atoms with E-state index >= 15 is 0 Å². The summed E-state index contributed by atoms with van der Waals surface area (Å²) in [5.41, 5.74) is 2.22. The van der Waals surface area contributed by atoms with Gasteiger partial charge in [0.05, 0.1) is 18.8 Å². The molecule has 2 aliphatic heterocycles. The Morgan fingerprint density at radius 1 is 1.07 bits per heavy atom. The first-order chi connectivity index (χ1) is 13.3. The molecule has 1 saturated heterocycles. The predicted octanol–water partition coefficient (Wildman–Crippen LogP) is 4.83. The third-order valence-corrected chi connectivity index (χ3v) is 6.43. The van der Waals surface area contributed by atoms with E-state index in [2.05, 4.69) is 59.3 Å². The van der Waals surface area contributed by atoms with Gasteiger partial charge in [0, 0.05) is 23.6 Å². The molecule has 0 spiro atoms. The van der Waals surface area contributed by atoms with E-state index in [9.17, 15) is 0 Å². The van der Waals surface area contributed by atoms with Crippen LogP contribution in [0.3, 0.4) is 0 Å². The van der Waals surface area contributed by atoms with E-state index in [-0.39, 0.29) is 12.1 Å². The molecule has 2 aliphatic rings. The third kappa shape index (κ3) is 2.69. The topological polar surface area (TPSA) is 37.7 Å². The van der Waals surface area contributed by atoms with E-state index in [1.807, 2.05) is 30.1 Å². The van der Waals surface area contributed by atoms with E-state index in [1.165, 1.54) is 16.3 Å². The van der Waals surface area contributed by atoms with Crippen molar-refractivity contribution in [3.05, 3.63) is 72.1 Å². The van der Waals surface area contributed by atoms with Gasteiger partial charge in [-0.05, 0) is 29.0 Å². The van der Waals surface area contributed by atoms with E-state index < -0.39 is 0 Å². The SMILES string of the molecule is COc1ccc2ccccc2c1[C@@H]1[C@@H](c2ccccn2)N=C2S[C@H](C)CN21. The molecule has 3 atom stereocenters.